The van der Waals surface area contributed by atoms with E-state index >= 15 is 0 Å². The number of hydrogen-bond acceptors (Lipinski definition) is 4. The molecule has 3 rings (SSSR count). The number of aromatic nitrogens is 2. The van der Waals surface area contributed by atoms with Crippen molar-refractivity contribution in [2.45, 2.75) is 52.4 Å². The Bertz CT molecular complexity index is 681. The third kappa shape index (κ3) is 2.55. The molecule has 4 N–H and O–H groups in total. The summed E-state index contributed by atoms with van der Waals surface area (Å²) in [6, 6.07) is 4.08. The maximum Gasteiger partial charge on any atom is 0.135 e. The number of nitrogen functional groups attached to an aromatic ring is 2. The average molecular weight is 284 g/mol. The normalized spacial score (nSPS) is 19.0. The molecular formula is C17H24N4. The monoisotopic (exact) mass is 284 g/mol. The van der Waals surface area contributed by atoms with Gasteiger partial charge in [0.05, 0.1) is 11.2 Å². The molecule has 4 nitrogen and oxygen atoms in total. The zero-order valence-electron chi connectivity index (χ0n) is 13.1. The van der Waals surface area contributed by atoms with Crippen LogP contribution in [0, 0.1) is 12.3 Å². The Labute approximate surface area is 126 Å². The first-order valence-electron chi connectivity index (χ1n) is 7.69. The number of aryl methyl sites for hydroxylation is 1. The van der Waals surface area contributed by atoms with Crippen molar-refractivity contribution in [3.8, 4) is 0 Å². The van der Waals surface area contributed by atoms with Crippen molar-refractivity contribution in [3.05, 3.63) is 23.5 Å². The van der Waals surface area contributed by atoms with Crippen LogP contribution in [-0.4, -0.2) is 9.97 Å². The van der Waals surface area contributed by atoms with Gasteiger partial charge in [-0.25, -0.2) is 9.97 Å². The number of hydrogen-bond donors (Lipinski definition) is 2. The molecule has 1 heterocycles. The number of anilines is 2. The smallest absolute Gasteiger partial charge is 0.135 e. The first-order chi connectivity index (χ1) is 9.87. The van der Waals surface area contributed by atoms with Crippen LogP contribution in [-0.2, 0) is 0 Å². The summed E-state index contributed by atoms with van der Waals surface area (Å²) in [6.45, 7) is 6.56. The second kappa shape index (κ2) is 4.86. The van der Waals surface area contributed by atoms with Crippen LogP contribution in [0.3, 0.4) is 0 Å². The van der Waals surface area contributed by atoms with Gasteiger partial charge in [0.15, 0.2) is 0 Å². The van der Waals surface area contributed by atoms with E-state index in [1.165, 1.54) is 31.2 Å². The summed E-state index contributed by atoms with van der Waals surface area (Å²) in [7, 11) is 0. The predicted octanol–water partition coefficient (Wildman–Crippen LogP) is 3.79. The SMILES string of the molecule is Cc1nc(N)c2c(C3CCC(C)(C)CC3)ccc(N)c2n1. The van der Waals surface area contributed by atoms with Gasteiger partial charge in [-0.1, -0.05) is 19.9 Å². The standard InChI is InChI=1S/C17H24N4/c1-10-20-15-13(18)5-4-12(14(15)16(19)21-10)11-6-8-17(2,3)9-7-11/h4-5,11H,6-9,18H2,1-3H3,(H2,19,20,21). The van der Waals surface area contributed by atoms with Crippen LogP contribution in [0.4, 0.5) is 11.5 Å². The second-order valence-corrected chi connectivity index (χ2v) is 7.06. The van der Waals surface area contributed by atoms with Crippen LogP contribution in [0.2, 0.25) is 0 Å². The highest BCUT2D eigenvalue weighted by molar-refractivity contribution is 5.98. The minimum absolute atomic E-state index is 0.457. The van der Waals surface area contributed by atoms with E-state index < -0.39 is 0 Å². The van der Waals surface area contributed by atoms with Crippen molar-refractivity contribution in [1.29, 1.82) is 0 Å². The molecular weight excluding hydrogens is 260 g/mol. The van der Waals surface area contributed by atoms with Gasteiger partial charge in [0.1, 0.15) is 11.6 Å². The lowest BCUT2D eigenvalue weighted by Gasteiger charge is -2.35. The quantitative estimate of drug-likeness (QED) is 0.781. The van der Waals surface area contributed by atoms with E-state index in [1.54, 1.807) is 0 Å². The minimum Gasteiger partial charge on any atom is -0.397 e. The lowest BCUT2D eigenvalue weighted by Crippen LogP contribution is -2.20. The molecule has 4 heteroatoms. The maximum atomic E-state index is 6.18. The van der Waals surface area contributed by atoms with Gasteiger partial charge < -0.3 is 11.5 Å². The van der Waals surface area contributed by atoms with E-state index in [2.05, 4.69) is 29.9 Å². The molecule has 0 amide bonds. The summed E-state index contributed by atoms with van der Waals surface area (Å²) >= 11 is 0. The Balaban J connectivity index is 2.10. The molecule has 0 unspecified atom stereocenters. The Morgan fingerprint density at radius 1 is 1.10 bits per heavy atom. The van der Waals surface area contributed by atoms with Gasteiger partial charge in [-0.05, 0) is 55.6 Å². The molecule has 1 aliphatic rings. The van der Waals surface area contributed by atoms with Crippen LogP contribution in [0.25, 0.3) is 10.9 Å². The van der Waals surface area contributed by atoms with Gasteiger partial charge in [-0.2, -0.15) is 0 Å². The maximum absolute atomic E-state index is 6.18. The number of benzene rings is 1. The topological polar surface area (TPSA) is 77.8 Å². The molecule has 0 aliphatic heterocycles. The molecule has 0 bridgehead atoms. The summed E-state index contributed by atoms with van der Waals surface area (Å²) in [4.78, 5) is 8.84. The molecule has 0 atom stereocenters. The van der Waals surface area contributed by atoms with E-state index in [9.17, 15) is 0 Å². The van der Waals surface area contributed by atoms with E-state index in [0.717, 1.165) is 10.9 Å². The molecule has 0 radical (unpaired) electrons. The van der Waals surface area contributed by atoms with E-state index in [1.807, 2.05) is 13.0 Å². The Morgan fingerprint density at radius 3 is 2.43 bits per heavy atom. The largest absolute Gasteiger partial charge is 0.397 e. The third-order valence-corrected chi connectivity index (χ3v) is 4.83. The van der Waals surface area contributed by atoms with Crippen molar-refractivity contribution in [1.82, 2.24) is 9.97 Å². The molecule has 1 aromatic carbocycles. The molecule has 21 heavy (non-hydrogen) atoms. The molecule has 2 aromatic rings. The molecule has 1 aromatic heterocycles. The van der Waals surface area contributed by atoms with Gasteiger partial charge in [0.25, 0.3) is 0 Å². The van der Waals surface area contributed by atoms with E-state index in [0.29, 0.717) is 28.7 Å². The summed E-state index contributed by atoms with van der Waals surface area (Å²) in [5.41, 5.74) is 15.5. The number of nitrogens with two attached hydrogens (primary N) is 2. The third-order valence-electron chi connectivity index (χ3n) is 4.83. The lowest BCUT2D eigenvalue weighted by molar-refractivity contribution is 0.225. The van der Waals surface area contributed by atoms with Crippen molar-refractivity contribution < 1.29 is 0 Å². The highest BCUT2D eigenvalue weighted by Gasteiger charge is 2.29. The zero-order chi connectivity index (χ0) is 15.2. The molecule has 112 valence electrons. The van der Waals surface area contributed by atoms with Crippen LogP contribution < -0.4 is 11.5 Å². The summed E-state index contributed by atoms with van der Waals surface area (Å²) in [5.74, 6) is 1.77. The Kier molecular flexibility index (Phi) is 3.27. The fraction of sp³-hybridized carbons (Fsp3) is 0.529. The van der Waals surface area contributed by atoms with Crippen molar-refractivity contribution in [3.63, 3.8) is 0 Å². The second-order valence-electron chi connectivity index (χ2n) is 7.06. The summed E-state index contributed by atoms with van der Waals surface area (Å²) in [5, 5.41) is 0.963. The van der Waals surface area contributed by atoms with Crippen molar-refractivity contribution >= 4 is 22.4 Å². The minimum atomic E-state index is 0.457. The lowest BCUT2D eigenvalue weighted by atomic mass is 9.71. The fourth-order valence-electron chi connectivity index (χ4n) is 3.48. The van der Waals surface area contributed by atoms with E-state index in [4.69, 9.17) is 11.5 Å². The van der Waals surface area contributed by atoms with Gasteiger partial charge >= 0.3 is 0 Å². The molecule has 0 spiro atoms. The van der Waals surface area contributed by atoms with Crippen molar-refractivity contribution in [2.75, 3.05) is 11.5 Å². The van der Waals surface area contributed by atoms with Crippen LogP contribution in [0.15, 0.2) is 12.1 Å². The molecule has 1 saturated carbocycles. The van der Waals surface area contributed by atoms with Gasteiger partial charge in [-0.15, -0.1) is 0 Å². The first kappa shape index (κ1) is 14.1. The number of nitrogens with zero attached hydrogens (tertiary/aromatic N) is 2. The van der Waals surface area contributed by atoms with Gasteiger partial charge in [0.2, 0.25) is 0 Å². The van der Waals surface area contributed by atoms with Crippen LogP contribution in [0.1, 0.15) is 56.8 Å². The first-order valence-corrected chi connectivity index (χ1v) is 7.69. The van der Waals surface area contributed by atoms with Crippen molar-refractivity contribution in [2.24, 2.45) is 5.41 Å². The highest BCUT2D eigenvalue weighted by Crippen LogP contribution is 2.45. The average Bonchev–Trinajstić information content (AvgIpc) is 2.40. The zero-order valence-corrected chi connectivity index (χ0v) is 13.1. The number of fused-ring (bicyclic) bond motifs is 1. The molecule has 1 fully saturated rings. The van der Waals surface area contributed by atoms with Crippen LogP contribution >= 0.6 is 0 Å². The van der Waals surface area contributed by atoms with Gasteiger partial charge in [0, 0.05) is 5.39 Å². The predicted molar refractivity (Wildman–Crippen MR) is 88.1 cm³/mol. The molecule has 0 saturated heterocycles. The Hall–Kier alpha value is -1.84. The fourth-order valence-corrected chi connectivity index (χ4v) is 3.48. The Morgan fingerprint density at radius 2 is 1.76 bits per heavy atom. The number of rotatable bonds is 1. The summed E-state index contributed by atoms with van der Waals surface area (Å²) in [6.07, 6.45) is 4.88. The molecule has 1 aliphatic carbocycles. The highest BCUT2D eigenvalue weighted by atomic mass is 14.9. The van der Waals surface area contributed by atoms with Crippen LogP contribution in [0.5, 0.6) is 0 Å². The van der Waals surface area contributed by atoms with E-state index in [-0.39, 0.29) is 0 Å². The summed E-state index contributed by atoms with van der Waals surface area (Å²) < 4.78 is 0. The van der Waals surface area contributed by atoms with Gasteiger partial charge in [-0.3, -0.25) is 0 Å².